The van der Waals surface area contributed by atoms with Crippen molar-refractivity contribution in [2.75, 3.05) is 18.0 Å². The molecule has 1 saturated carbocycles. The Morgan fingerprint density at radius 1 is 1.16 bits per heavy atom. The molecular formula is C27H34N6O4. The van der Waals surface area contributed by atoms with Crippen molar-refractivity contribution in [2.45, 2.75) is 70.7 Å². The largest absolute Gasteiger partial charge is 0.445 e. The van der Waals surface area contributed by atoms with Crippen molar-refractivity contribution in [3.63, 3.8) is 0 Å². The number of rotatable bonds is 6. The van der Waals surface area contributed by atoms with Gasteiger partial charge >= 0.3 is 12.2 Å². The highest BCUT2D eigenvalue weighted by Gasteiger charge is 2.49. The molecule has 1 aromatic carbocycles. The Morgan fingerprint density at radius 3 is 2.62 bits per heavy atom. The van der Waals surface area contributed by atoms with E-state index in [-0.39, 0.29) is 12.6 Å². The zero-order chi connectivity index (χ0) is 26.2. The molecule has 0 spiro atoms. The lowest BCUT2D eigenvalue weighted by Gasteiger charge is -2.22. The van der Waals surface area contributed by atoms with Crippen molar-refractivity contribution in [2.24, 2.45) is 0 Å². The Balaban J connectivity index is 1.22. The molecule has 37 heavy (non-hydrogen) atoms. The molecule has 0 radical (unpaired) electrons. The monoisotopic (exact) mass is 506 g/mol. The number of alkyl carbamates (subject to hydrolysis) is 2. The van der Waals surface area contributed by atoms with Gasteiger partial charge in [0.1, 0.15) is 18.0 Å². The van der Waals surface area contributed by atoms with Gasteiger partial charge in [-0.15, -0.1) is 0 Å². The van der Waals surface area contributed by atoms with E-state index in [9.17, 15) is 9.59 Å². The summed E-state index contributed by atoms with van der Waals surface area (Å²) in [6.07, 6.45) is 3.52. The Kier molecular flexibility index (Phi) is 6.43. The zero-order valence-electron chi connectivity index (χ0n) is 21.8. The summed E-state index contributed by atoms with van der Waals surface area (Å²) < 4.78 is 12.6. The van der Waals surface area contributed by atoms with Crippen LogP contribution in [0.3, 0.4) is 0 Å². The van der Waals surface area contributed by atoms with E-state index >= 15 is 0 Å². The summed E-state index contributed by atoms with van der Waals surface area (Å²) in [7, 11) is 0. The molecule has 3 heterocycles. The number of amides is 2. The molecule has 2 aliphatic rings. The highest BCUT2D eigenvalue weighted by atomic mass is 16.6. The number of aryl methyl sites for hydroxylation is 1. The third kappa shape index (κ3) is 5.79. The Bertz CT molecular complexity index is 1300. The number of carbonyl (C=O) groups is 2. The lowest BCUT2D eigenvalue weighted by atomic mass is 10.2. The van der Waals surface area contributed by atoms with Crippen molar-refractivity contribution in [1.29, 1.82) is 0 Å². The summed E-state index contributed by atoms with van der Waals surface area (Å²) in [5.74, 6) is 0.867. The van der Waals surface area contributed by atoms with Crippen LogP contribution in [0, 0.1) is 6.92 Å². The van der Waals surface area contributed by atoms with E-state index in [2.05, 4.69) is 15.5 Å². The molecule has 10 nitrogen and oxygen atoms in total. The molecule has 1 atom stereocenters. The van der Waals surface area contributed by atoms with E-state index in [0.29, 0.717) is 12.2 Å². The summed E-state index contributed by atoms with van der Waals surface area (Å²) in [6.45, 7) is 9.21. The van der Waals surface area contributed by atoms with Gasteiger partial charge in [-0.1, -0.05) is 30.3 Å². The molecule has 196 valence electrons. The fourth-order valence-electron chi connectivity index (χ4n) is 4.63. The van der Waals surface area contributed by atoms with Gasteiger partial charge in [0, 0.05) is 30.9 Å². The van der Waals surface area contributed by atoms with Crippen LogP contribution in [-0.4, -0.2) is 51.5 Å². The number of hydrogen-bond acceptors (Lipinski definition) is 7. The molecule has 0 unspecified atom stereocenters. The minimum Gasteiger partial charge on any atom is -0.445 e. The number of nitrogens with one attached hydrogen (secondary N) is 2. The van der Waals surface area contributed by atoms with Crippen LogP contribution in [0.5, 0.6) is 0 Å². The van der Waals surface area contributed by atoms with Crippen LogP contribution < -0.4 is 15.5 Å². The first-order valence-electron chi connectivity index (χ1n) is 12.7. The van der Waals surface area contributed by atoms with Gasteiger partial charge in [0.25, 0.3) is 0 Å². The lowest BCUT2D eigenvalue weighted by molar-refractivity contribution is 0.0493. The summed E-state index contributed by atoms with van der Waals surface area (Å²) >= 11 is 0. The number of benzene rings is 1. The van der Waals surface area contributed by atoms with Gasteiger partial charge in [-0.05, 0) is 52.5 Å². The second-order valence-corrected chi connectivity index (χ2v) is 10.9. The third-order valence-corrected chi connectivity index (χ3v) is 6.61. The van der Waals surface area contributed by atoms with E-state index in [4.69, 9.17) is 19.6 Å². The second-order valence-electron chi connectivity index (χ2n) is 10.9. The van der Waals surface area contributed by atoms with Crippen LogP contribution in [-0.2, 0) is 21.6 Å². The molecule has 3 aromatic rings. The van der Waals surface area contributed by atoms with Crippen LogP contribution in [0.2, 0.25) is 0 Å². The maximum absolute atomic E-state index is 12.4. The Morgan fingerprint density at radius 2 is 1.92 bits per heavy atom. The van der Waals surface area contributed by atoms with E-state index in [1.54, 1.807) is 4.52 Å². The molecule has 10 heteroatoms. The van der Waals surface area contributed by atoms with E-state index in [1.807, 2.05) is 70.3 Å². The molecule has 1 aliphatic heterocycles. The smallest absolute Gasteiger partial charge is 0.408 e. The first-order chi connectivity index (χ1) is 17.6. The van der Waals surface area contributed by atoms with Gasteiger partial charge < -0.3 is 25.0 Å². The van der Waals surface area contributed by atoms with Gasteiger partial charge in [-0.3, -0.25) is 0 Å². The van der Waals surface area contributed by atoms with Gasteiger partial charge in [0.2, 0.25) is 0 Å². The maximum Gasteiger partial charge on any atom is 0.408 e. The number of fused-ring (bicyclic) bond motifs is 1. The van der Waals surface area contributed by atoms with E-state index < -0.39 is 23.3 Å². The first-order valence-corrected chi connectivity index (χ1v) is 12.7. The van der Waals surface area contributed by atoms with Crippen LogP contribution in [0.25, 0.3) is 5.65 Å². The van der Waals surface area contributed by atoms with Crippen molar-refractivity contribution < 1.29 is 19.1 Å². The topological polar surface area (TPSA) is 110 Å². The van der Waals surface area contributed by atoms with E-state index in [0.717, 1.165) is 48.4 Å². The van der Waals surface area contributed by atoms with Crippen LogP contribution >= 0.6 is 0 Å². The first kappa shape index (κ1) is 24.9. The number of anilines is 1. The molecule has 1 aliphatic carbocycles. The highest BCUT2D eigenvalue weighted by molar-refractivity contribution is 5.70. The maximum atomic E-state index is 12.4. The number of hydrogen-bond donors (Lipinski definition) is 2. The van der Waals surface area contributed by atoms with Gasteiger partial charge in [0.15, 0.2) is 5.65 Å². The summed E-state index contributed by atoms with van der Waals surface area (Å²) in [5.41, 5.74) is 2.37. The predicted molar refractivity (Wildman–Crippen MR) is 138 cm³/mol. The number of aromatic nitrogens is 3. The fourth-order valence-corrected chi connectivity index (χ4v) is 4.63. The van der Waals surface area contributed by atoms with Crippen molar-refractivity contribution in [3.05, 3.63) is 59.4 Å². The third-order valence-electron chi connectivity index (χ3n) is 6.61. The van der Waals surface area contributed by atoms with Crippen LogP contribution in [0.1, 0.15) is 56.9 Å². The van der Waals surface area contributed by atoms with E-state index in [1.165, 1.54) is 0 Å². The van der Waals surface area contributed by atoms with Crippen molar-refractivity contribution in [3.8, 4) is 0 Å². The Labute approximate surface area is 216 Å². The summed E-state index contributed by atoms with van der Waals surface area (Å²) in [4.78, 5) is 31.7. The van der Waals surface area contributed by atoms with Crippen molar-refractivity contribution in [1.82, 2.24) is 25.2 Å². The SMILES string of the molecule is Cc1cn2nc(C3(NC(=O)OC(C)(C)C)CC3)cc2nc1N1CC[C@H](NC(=O)OCc2ccccc2)C1. The standard InChI is InChI=1S/C27H34N6O4/c1-18-15-33-22(14-21(31-33)27(11-12-27)30-25(35)37-26(2,3)4)29-23(18)32-13-10-20(16-32)28-24(34)36-17-19-8-6-5-7-9-19/h5-9,14-15,20H,10-13,16-17H2,1-4H3,(H,28,34)(H,30,35)/t20-/m0/s1. The number of ether oxygens (including phenoxy) is 2. The normalized spacial score (nSPS) is 18.5. The molecule has 0 bridgehead atoms. The fraction of sp³-hybridized carbons (Fsp3) is 0.481. The molecule has 2 N–H and O–H groups in total. The van der Waals surface area contributed by atoms with Crippen molar-refractivity contribution >= 4 is 23.7 Å². The molecule has 2 amide bonds. The average molecular weight is 507 g/mol. The summed E-state index contributed by atoms with van der Waals surface area (Å²) in [5, 5.41) is 10.7. The molecule has 1 saturated heterocycles. The zero-order valence-corrected chi connectivity index (χ0v) is 21.8. The molecule has 2 fully saturated rings. The molecular weight excluding hydrogens is 472 g/mol. The van der Waals surface area contributed by atoms with Crippen LogP contribution in [0.15, 0.2) is 42.6 Å². The van der Waals surface area contributed by atoms with Gasteiger partial charge in [0.05, 0.1) is 17.3 Å². The average Bonchev–Trinajstić information content (AvgIpc) is 3.25. The minimum atomic E-state index is -0.562. The van der Waals surface area contributed by atoms with Gasteiger partial charge in [-0.25, -0.2) is 19.1 Å². The summed E-state index contributed by atoms with van der Waals surface area (Å²) in [6, 6.07) is 11.5. The number of carbonyl (C=O) groups excluding carboxylic acids is 2. The number of nitrogens with zero attached hydrogens (tertiary/aromatic N) is 4. The second kappa shape index (κ2) is 9.57. The predicted octanol–water partition coefficient (Wildman–Crippen LogP) is 4.06. The molecule has 5 rings (SSSR count). The lowest BCUT2D eigenvalue weighted by Crippen LogP contribution is -2.39. The van der Waals surface area contributed by atoms with Gasteiger partial charge in [-0.2, -0.15) is 5.10 Å². The Hall–Kier alpha value is -3.82. The van der Waals surface area contributed by atoms with Crippen LogP contribution in [0.4, 0.5) is 15.4 Å². The molecule has 2 aromatic heterocycles. The quantitative estimate of drug-likeness (QED) is 0.519. The highest BCUT2D eigenvalue weighted by Crippen LogP contribution is 2.45. The minimum absolute atomic E-state index is 0.0195.